The normalized spacial score (nSPS) is 9.94. The van der Waals surface area contributed by atoms with E-state index in [1.165, 1.54) is 7.11 Å². The van der Waals surface area contributed by atoms with Crippen LogP contribution in [-0.4, -0.2) is 18.9 Å². The van der Waals surface area contributed by atoms with Gasteiger partial charge in [-0.05, 0) is 34.1 Å². The molecule has 0 aliphatic rings. The molecule has 0 radical (unpaired) electrons. The van der Waals surface area contributed by atoms with Crippen molar-refractivity contribution >= 4 is 39.3 Å². The topological polar surface area (TPSA) is 43.4 Å². The average Bonchev–Trinajstić information content (AvgIpc) is 2.25. The van der Waals surface area contributed by atoms with E-state index in [4.69, 9.17) is 11.6 Å². The Balaban J connectivity index is 2.70. The third-order valence-electron chi connectivity index (χ3n) is 2.02. The predicted molar refractivity (Wildman–Crippen MR) is 64.7 cm³/mol. The Morgan fingerprint density at radius 1 is 1.38 bits per heavy atom. The zero-order valence-corrected chi connectivity index (χ0v) is 11.0. The number of rotatable bonds is 4. The van der Waals surface area contributed by atoms with Gasteiger partial charge in [-0.1, -0.05) is 11.6 Å². The largest absolute Gasteiger partial charge is 0.469 e. The lowest BCUT2D eigenvalue weighted by Crippen LogP contribution is -2.06. The first-order valence-electron chi connectivity index (χ1n) is 4.59. The van der Waals surface area contributed by atoms with Gasteiger partial charge >= 0.3 is 5.97 Å². The zero-order chi connectivity index (χ0) is 12.1. The molecule has 0 unspecified atom stereocenters. The molecule has 0 saturated carbocycles. The summed E-state index contributed by atoms with van der Waals surface area (Å²) in [5.74, 6) is -0.507. The van der Waals surface area contributed by atoms with Gasteiger partial charge in [0.05, 0.1) is 13.5 Å². The third-order valence-corrected chi connectivity index (χ3v) is 2.91. The third kappa shape index (κ3) is 3.61. The molecule has 5 heteroatoms. The molecule has 0 bridgehead atoms. The molecule has 3 nitrogen and oxygen atoms in total. The number of esters is 1. The van der Waals surface area contributed by atoms with Crippen molar-refractivity contribution in [3.05, 3.63) is 33.3 Å². The lowest BCUT2D eigenvalue weighted by molar-refractivity contribution is -0.140. The maximum Gasteiger partial charge on any atom is 0.305 e. The highest BCUT2D eigenvalue weighted by Crippen LogP contribution is 2.23. The van der Waals surface area contributed by atoms with E-state index in [0.717, 1.165) is 0 Å². The van der Waals surface area contributed by atoms with Crippen LogP contribution in [-0.2, 0) is 9.53 Å². The minimum atomic E-state index is -0.390. The molecule has 0 atom stereocenters. The van der Waals surface area contributed by atoms with E-state index in [-0.39, 0.29) is 18.6 Å². The van der Waals surface area contributed by atoms with Crippen molar-refractivity contribution in [1.29, 1.82) is 0 Å². The molecule has 0 N–H and O–H groups in total. The van der Waals surface area contributed by atoms with Crippen LogP contribution in [0.1, 0.15) is 23.2 Å². The molecule has 0 spiro atoms. The van der Waals surface area contributed by atoms with Gasteiger partial charge in [0.1, 0.15) is 0 Å². The summed E-state index contributed by atoms with van der Waals surface area (Å²) >= 11 is 9.01. The first kappa shape index (κ1) is 13.2. The Hall–Kier alpha value is -0.870. The van der Waals surface area contributed by atoms with E-state index in [9.17, 15) is 9.59 Å². The van der Waals surface area contributed by atoms with Crippen LogP contribution in [0.3, 0.4) is 0 Å². The molecule has 0 aliphatic heterocycles. The number of halogens is 2. The number of carbonyl (C=O) groups is 2. The molecule has 0 amide bonds. The van der Waals surface area contributed by atoms with E-state index in [1.807, 2.05) is 0 Å². The van der Waals surface area contributed by atoms with Crippen LogP contribution in [0, 0.1) is 0 Å². The summed E-state index contributed by atoms with van der Waals surface area (Å²) in [6, 6.07) is 4.91. The van der Waals surface area contributed by atoms with Gasteiger partial charge in [-0.15, -0.1) is 0 Å². The maximum atomic E-state index is 11.7. The monoisotopic (exact) mass is 304 g/mol. The quantitative estimate of drug-likeness (QED) is 0.633. The van der Waals surface area contributed by atoms with Crippen molar-refractivity contribution in [2.75, 3.05) is 7.11 Å². The van der Waals surface area contributed by atoms with E-state index < -0.39 is 5.97 Å². The van der Waals surface area contributed by atoms with Crippen molar-refractivity contribution < 1.29 is 14.3 Å². The summed E-state index contributed by atoms with van der Waals surface area (Å²) in [5.41, 5.74) is 0.522. The highest BCUT2D eigenvalue weighted by molar-refractivity contribution is 9.10. The fraction of sp³-hybridized carbons (Fsp3) is 0.273. The minimum Gasteiger partial charge on any atom is -0.469 e. The number of hydrogen-bond donors (Lipinski definition) is 0. The predicted octanol–water partition coefficient (Wildman–Crippen LogP) is 3.24. The summed E-state index contributed by atoms with van der Waals surface area (Å²) < 4.78 is 5.10. The first-order chi connectivity index (χ1) is 7.54. The van der Waals surface area contributed by atoms with Gasteiger partial charge < -0.3 is 4.74 Å². The highest BCUT2D eigenvalue weighted by atomic mass is 79.9. The molecule has 16 heavy (non-hydrogen) atoms. The van der Waals surface area contributed by atoms with Gasteiger partial charge in [0.2, 0.25) is 0 Å². The van der Waals surface area contributed by atoms with Crippen LogP contribution in [0.25, 0.3) is 0 Å². The molecule has 1 aromatic carbocycles. The van der Waals surface area contributed by atoms with Crippen LogP contribution in [0.4, 0.5) is 0 Å². The second kappa shape index (κ2) is 6.01. The van der Waals surface area contributed by atoms with Crippen LogP contribution in [0.2, 0.25) is 5.02 Å². The Labute approximate surface area is 107 Å². The Bertz CT molecular complexity index is 418. The van der Waals surface area contributed by atoms with Crippen molar-refractivity contribution in [2.24, 2.45) is 0 Å². The molecular weight excluding hydrogens is 295 g/mol. The van der Waals surface area contributed by atoms with Crippen LogP contribution < -0.4 is 0 Å². The molecule has 0 fully saturated rings. The number of benzene rings is 1. The summed E-state index contributed by atoms with van der Waals surface area (Å²) in [7, 11) is 1.30. The van der Waals surface area contributed by atoms with Gasteiger partial charge in [-0.2, -0.15) is 0 Å². The fourth-order valence-electron chi connectivity index (χ4n) is 1.17. The summed E-state index contributed by atoms with van der Waals surface area (Å²) in [4.78, 5) is 22.6. The fourth-order valence-corrected chi connectivity index (χ4v) is 2.07. The van der Waals surface area contributed by atoms with Crippen molar-refractivity contribution in [3.63, 3.8) is 0 Å². The number of Topliss-reactive ketones (excluding diaryl/α,β-unsaturated/α-hetero) is 1. The molecule has 1 rings (SSSR count). The maximum absolute atomic E-state index is 11.7. The molecule has 0 aliphatic carbocycles. The molecule has 0 heterocycles. The van der Waals surface area contributed by atoms with Gasteiger partial charge in [-0.3, -0.25) is 9.59 Å². The Morgan fingerprint density at radius 3 is 2.62 bits per heavy atom. The van der Waals surface area contributed by atoms with Gasteiger partial charge in [0.25, 0.3) is 0 Å². The van der Waals surface area contributed by atoms with E-state index in [2.05, 4.69) is 20.7 Å². The molecule has 0 aromatic heterocycles. The van der Waals surface area contributed by atoms with Crippen LogP contribution in [0.5, 0.6) is 0 Å². The van der Waals surface area contributed by atoms with Gasteiger partial charge in [-0.25, -0.2) is 0 Å². The summed E-state index contributed by atoms with van der Waals surface area (Å²) in [6.45, 7) is 0. The van der Waals surface area contributed by atoms with Gasteiger partial charge in [0, 0.05) is 21.5 Å². The lowest BCUT2D eigenvalue weighted by atomic mass is 10.1. The zero-order valence-electron chi connectivity index (χ0n) is 8.63. The summed E-state index contributed by atoms with van der Waals surface area (Å²) in [6.07, 6.45) is 0.220. The number of carbonyl (C=O) groups excluding carboxylic acids is 2. The number of hydrogen-bond acceptors (Lipinski definition) is 3. The van der Waals surface area contributed by atoms with Crippen molar-refractivity contribution in [3.8, 4) is 0 Å². The number of methoxy groups -OCH3 is 1. The lowest BCUT2D eigenvalue weighted by Gasteiger charge is -2.03. The van der Waals surface area contributed by atoms with Crippen LogP contribution >= 0.6 is 27.5 Å². The second-order valence-corrected chi connectivity index (χ2v) is 4.41. The minimum absolute atomic E-state index is 0.0877. The summed E-state index contributed by atoms with van der Waals surface area (Å²) in [5, 5.41) is 0.552. The SMILES string of the molecule is COC(=O)CCC(=O)c1ccc(Cl)cc1Br. The average molecular weight is 306 g/mol. The van der Waals surface area contributed by atoms with Crippen LogP contribution in [0.15, 0.2) is 22.7 Å². The Morgan fingerprint density at radius 2 is 2.06 bits per heavy atom. The van der Waals surface area contributed by atoms with E-state index in [0.29, 0.717) is 15.1 Å². The molecule has 86 valence electrons. The highest BCUT2D eigenvalue weighted by Gasteiger charge is 2.12. The molecular formula is C11H10BrClO3. The first-order valence-corrected chi connectivity index (χ1v) is 5.76. The molecule has 0 saturated heterocycles. The van der Waals surface area contributed by atoms with E-state index in [1.54, 1.807) is 18.2 Å². The number of ether oxygens (including phenoxy) is 1. The Kier molecular flexibility index (Phi) is 4.96. The second-order valence-electron chi connectivity index (χ2n) is 3.12. The standard InChI is InChI=1S/C11H10BrClO3/c1-16-11(15)5-4-10(14)8-3-2-7(13)6-9(8)12/h2-3,6H,4-5H2,1H3. The van der Waals surface area contributed by atoms with Crippen molar-refractivity contribution in [2.45, 2.75) is 12.8 Å². The van der Waals surface area contributed by atoms with Crippen molar-refractivity contribution in [1.82, 2.24) is 0 Å². The smallest absolute Gasteiger partial charge is 0.305 e. The van der Waals surface area contributed by atoms with E-state index >= 15 is 0 Å². The number of ketones is 1. The molecule has 1 aromatic rings. The van der Waals surface area contributed by atoms with Gasteiger partial charge in [0.15, 0.2) is 5.78 Å².